The van der Waals surface area contributed by atoms with E-state index in [0.717, 1.165) is 6.42 Å². The summed E-state index contributed by atoms with van der Waals surface area (Å²) in [6.07, 6.45) is 4.45. The summed E-state index contributed by atoms with van der Waals surface area (Å²) >= 11 is 0. The van der Waals surface area contributed by atoms with Crippen molar-refractivity contribution in [1.29, 1.82) is 0 Å². The molecule has 0 saturated carbocycles. The normalized spacial score (nSPS) is 12.0. The molecular weight excluding hydrogens is 270 g/mol. The zero-order valence-electron chi connectivity index (χ0n) is 11.7. The van der Waals surface area contributed by atoms with Crippen molar-refractivity contribution in [3.63, 3.8) is 0 Å². The summed E-state index contributed by atoms with van der Waals surface area (Å²) < 4.78 is 0. The molecule has 6 nitrogen and oxygen atoms in total. The molecule has 1 atom stereocenters. The molecule has 1 aromatic heterocycles. The van der Waals surface area contributed by atoms with Crippen molar-refractivity contribution in [2.24, 2.45) is 5.92 Å². The molecule has 1 heterocycles. The van der Waals surface area contributed by atoms with E-state index in [0.29, 0.717) is 23.0 Å². The average molecular weight is 287 g/mol. The van der Waals surface area contributed by atoms with Gasteiger partial charge in [0.1, 0.15) is 0 Å². The van der Waals surface area contributed by atoms with Gasteiger partial charge in [0, 0.05) is 24.5 Å². The van der Waals surface area contributed by atoms with E-state index in [2.05, 4.69) is 15.3 Å². The van der Waals surface area contributed by atoms with Gasteiger partial charge in [0.2, 0.25) is 0 Å². The summed E-state index contributed by atoms with van der Waals surface area (Å²) in [5, 5.41) is 11.7. The first-order chi connectivity index (χ1) is 10.1. The van der Waals surface area contributed by atoms with Gasteiger partial charge in [0.25, 0.3) is 5.91 Å². The number of nitrogens with zero attached hydrogens (tertiary/aromatic N) is 2. The number of carbonyl (C=O) groups is 2. The summed E-state index contributed by atoms with van der Waals surface area (Å²) in [4.78, 5) is 31.4. The Kier molecular flexibility index (Phi) is 4.81. The summed E-state index contributed by atoms with van der Waals surface area (Å²) in [5.41, 5.74) is 1.79. The van der Waals surface area contributed by atoms with Gasteiger partial charge in [-0.2, -0.15) is 0 Å². The zero-order valence-corrected chi connectivity index (χ0v) is 11.7. The fourth-order valence-electron chi connectivity index (χ4n) is 2.08. The van der Waals surface area contributed by atoms with Crippen LogP contribution in [0.4, 0.5) is 0 Å². The maximum Gasteiger partial charge on any atom is 0.308 e. The fourth-order valence-corrected chi connectivity index (χ4v) is 2.08. The number of rotatable bonds is 6. The summed E-state index contributed by atoms with van der Waals surface area (Å²) in [6.45, 7) is 2.04. The number of carboxylic acid groups (broad SMARTS) is 1. The number of fused-ring (bicyclic) bond motifs is 1. The molecule has 2 N–H and O–H groups in total. The monoisotopic (exact) mass is 287 g/mol. The topological polar surface area (TPSA) is 92.2 Å². The minimum atomic E-state index is -0.887. The third kappa shape index (κ3) is 3.75. The van der Waals surface area contributed by atoms with Gasteiger partial charge in [0.05, 0.1) is 17.0 Å². The molecule has 0 spiro atoms. The van der Waals surface area contributed by atoms with Crippen molar-refractivity contribution in [3.05, 3.63) is 36.2 Å². The Hall–Kier alpha value is -2.50. The molecule has 21 heavy (non-hydrogen) atoms. The van der Waals surface area contributed by atoms with Gasteiger partial charge in [-0.05, 0) is 24.6 Å². The van der Waals surface area contributed by atoms with Gasteiger partial charge in [-0.3, -0.25) is 19.6 Å². The minimum absolute atomic E-state index is 0.126. The molecule has 0 bridgehead atoms. The molecular formula is C15H17N3O3. The second kappa shape index (κ2) is 6.78. The molecule has 0 aliphatic heterocycles. The molecule has 1 amide bonds. The average Bonchev–Trinajstić information content (AvgIpc) is 2.50. The first-order valence-corrected chi connectivity index (χ1v) is 6.83. The van der Waals surface area contributed by atoms with E-state index in [9.17, 15) is 9.59 Å². The zero-order chi connectivity index (χ0) is 15.2. The van der Waals surface area contributed by atoms with E-state index < -0.39 is 11.9 Å². The summed E-state index contributed by atoms with van der Waals surface area (Å²) in [5.74, 6) is -1.74. The molecule has 6 heteroatoms. The van der Waals surface area contributed by atoms with E-state index >= 15 is 0 Å². The molecule has 0 fully saturated rings. The molecule has 1 unspecified atom stereocenters. The predicted molar refractivity (Wildman–Crippen MR) is 77.9 cm³/mol. The first-order valence-electron chi connectivity index (χ1n) is 6.83. The van der Waals surface area contributed by atoms with Crippen molar-refractivity contribution in [3.8, 4) is 0 Å². The van der Waals surface area contributed by atoms with Crippen LogP contribution < -0.4 is 5.32 Å². The van der Waals surface area contributed by atoms with Crippen molar-refractivity contribution in [1.82, 2.24) is 15.3 Å². The van der Waals surface area contributed by atoms with Gasteiger partial charge >= 0.3 is 5.97 Å². The number of aromatic nitrogens is 2. The molecule has 0 aliphatic carbocycles. The predicted octanol–water partition coefficient (Wildman–Crippen LogP) is 1.86. The van der Waals surface area contributed by atoms with Crippen LogP contribution in [0.5, 0.6) is 0 Å². The maximum atomic E-state index is 12.1. The highest BCUT2D eigenvalue weighted by molar-refractivity contribution is 5.97. The van der Waals surface area contributed by atoms with Crippen molar-refractivity contribution < 1.29 is 14.7 Å². The smallest absolute Gasteiger partial charge is 0.308 e. The Balaban J connectivity index is 2.06. The lowest BCUT2D eigenvalue weighted by Gasteiger charge is -2.12. The quantitative estimate of drug-likeness (QED) is 0.846. The van der Waals surface area contributed by atoms with E-state index in [1.807, 2.05) is 6.92 Å². The van der Waals surface area contributed by atoms with Gasteiger partial charge in [-0.25, -0.2) is 0 Å². The molecule has 1 aromatic carbocycles. The van der Waals surface area contributed by atoms with Crippen LogP contribution in [0.25, 0.3) is 11.0 Å². The highest BCUT2D eigenvalue weighted by atomic mass is 16.4. The molecule has 0 saturated heterocycles. The largest absolute Gasteiger partial charge is 0.481 e. The molecule has 2 rings (SSSR count). The highest BCUT2D eigenvalue weighted by Crippen LogP contribution is 2.11. The minimum Gasteiger partial charge on any atom is -0.481 e. The number of carbonyl (C=O) groups excluding carboxylic acids is 1. The standard InChI is InChI=1S/C15H17N3O3/c1-2-3-11(15(20)21)9-18-14(19)10-4-5-12-13(8-10)17-7-6-16-12/h4-8,11H,2-3,9H2,1H3,(H,18,19)(H,20,21). The van der Waals surface area contributed by atoms with E-state index in [4.69, 9.17) is 5.11 Å². The van der Waals surface area contributed by atoms with Crippen LogP contribution in [0.15, 0.2) is 30.6 Å². The maximum absolute atomic E-state index is 12.1. The number of hydrogen-bond donors (Lipinski definition) is 2. The summed E-state index contributed by atoms with van der Waals surface area (Å²) in [6, 6.07) is 5.02. The Morgan fingerprint density at radius 2 is 1.95 bits per heavy atom. The number of hydrogen-bond acceptors (Lipinski definition) is 4. The van der Waals surface area contributed by atoms with Crippen LogP contribution in [-0.4, -0.2) is 33.5 Å². The van der Waals surface area contributed by atoms with E-state index in [1.54, 1.807) is 30.6 Å². The van der Waals surface area contributed by atoms with Crippen LogP contribution >= 0.6 is 0 Å². The van der Waals surface area contributed by atoms with E-state index in [-0.39, 0.29) is 12.5 Å². The lowest BCUT2D eigenvalue weighted by Crippen LogP contribution is -2.32. The van der Waals surface area contributed by atoms with Crippen LogP contribution in [0.3, 0.4) is 0 Å². The number of benzene rings is 1. The SMILES string of the molecule is CCCC(CNC(=O)c1ccc2nccnc2c1)C(=O)O. The lowest BCUT2D eigenvalue weighted by atomic mass is 10.0. The highest BCUT2D eigenvalue weighted by Gasteiger charge is 2.17. The molecule has 0 radical (unpaired) electrons. The number of amides is 1. The Morgan fingerprint density at radius 1 is 1.24 bits per heavy atom. The Morgan fingerprint density at radius 3 is 2.62 bits per heavy atom. The molecule has 2 aromatic rings. The molecule has 110 valence electrons. The summed E-state index contributed by atoms with van der Waals surface area (Å²) in [7, 11) is 0. The van der Waals surface area contributed by atoms with Crippen LogP contribution in [0.1, 0.15) is 30.1 Å². The van der Waals surface area contributed by atoms with Gasteiger partial charge in [-0.1, -0.05) is 13.3 Å². The first kappa shape index (κ1) is 14.9. The van der Waals surface area contributed by atoms with Crippen LogP contribution in [0.2, 0.25) is 0 Å². The van der Waals surface area contributed by atoms with Crippen molar-refractivity contribution >= 4 is 22.9 Å². The number of aliphatic carboxylic acids is 1. The third-order valence-corrected chi connectivity index (χ3v) is 3.23. The number of carboxylic acids is 1. The second-order valence-electron chi connectivity index (χ2n) is 4.79. The second-order valence-corrected chi connectivity index (χ2v) is 4.79. The molecule has 0 aliphatic rings. The van der Waals surface area contributed by atoms with Crippen LogP contribution in [-0.2, 0) is 4.79 Å². The third-order valence-electron chi connectivity index (χ3n) is 3.23. The van der Waals surface area contributed by atoms with E-state index in [1.165, 1.54) is 0 Å². The number of nitrogens with one attached hydrogen (secondary N) is 1. The fraction of sp³-hybridized carbons (Fsp3) is 0.333. The Bertz CT molecular complexity index is 657. The lowest BCUT2D eigenvalue weighted by molar-refractivity contribution is -0.141. The van der Waals surface area contributed by atoms with Gasteiger partial charge < -0.3 is 10.4 Å². The van der Waals surface area contributed by atoms with Gasteiger partial charge in [0.15, 0.2) is 0 Å². The van der Waals surface area contributed by atoms with Crippen molar-refractivity contribution in [2.45, 2.75) is 19.8 Å². The van der Waals surface area contributed by atoms with Crippen molar-refractivity contribution in [2.75, 3.05) is 6.54 Å². The van der Waals surface area contributed by atoms with Gasteiger partial charge in [-0.15, -0.1) is 0 Å². The van der Waals surface area contributed by atoms with Crippen LogP contribution in [0, 0.1) is 5.92 Å². The Labute approximate surface area is 122 Å².